The number of hydrogen-bond donors (Lipinski definition) is 1. The molecular weight excluding hydrogens is 266 g/mol. The summed E-state index contributed by atoms with van der Waals surface area (Å²) in [6.45, 7) is 5.03. The lowest BCUT2D eigenvalue weighted by atomic mass is 10.0. The molecule has 1 aromatic carbocycles. The summed E-state index contributed by atoms with van der Waals surface area (Å²) >= 11 is 0. The van der Waals surface area contributed by atoms with Crippen molar-refractivity contribution in [2.45, 2.75) is 46.0 Å². The Kier molecular flexibility index (Phi) is 7.31. The lowest BCUT2D eigenvalue weighted by Crippen LogP contribution is -2.02. The number of nitriles is 1. The molecule has 0 saturated heterocycles. The summed E-state index contributed by atoms with van der Waals surface area (Å²) in [6.07, 6.45) is 5.72. The van der Waals surface area contributed by atoms with Crippen molar-refractivity contribution >= 4 is 5.97 Å². The molecule has 0 radical (unpaired) electrons. The van der Waals surface area contributed by atoms with Crippen LogP contribution in [-0.4, -0.2) is 17.7 Å². The summed E-state index contributed by atoms with van der Waals surface area (Å²) < 4.78 is 5.58. The zero-order chi connectivity index (χ0) is 15.7. The molecule has 0 bridgehead atoms. The van der Waals surface area contributed by atoms with E-state index in [-0.39, 0.29) is 11.1 Å². The number of carboxylic acid groups (broad SMARTS) is 1. The number of nitrogens with zero attached hydrogens (tertiary/aromatic N) is 1. The minimum absolute atomic E-state index is 0.104. The SMILES string of the molecule is CCC(C)CCCCCOc1ccc(C(=O)O)cc1C#N. The van der Waals surface area contributed by atoms with Crippen LogP contribution in [0, 0.1) is 17.2 Å². The van der Waals surface area contributed by atoms with E-state index in [1.165, 1.54) is 31.4 Å². The van der Waals surface area contributed by atoms with Crippen LogP contribution in [0.25, 0.3) is 0 Å². The van der Waals surface area contributed by atoms with Crippen molar-refractivity contribution in [3.8, 4) is 11.8 Å². The summed E-state index contributed by atoms with van der Waals surface area (Å²) in [7, 11) is 0. The van der Waals surface area contributed by atoms with Gasteiger partial charge in [0.2, 0.25) is 0 Å². The zero-order valence-electron chi connectivity index (χ0n) is 12.8. The number of rotatable bonds is 9. The van der Waals surface area contributed by atoms with Crippen molar-refractivity contribution in [3.05, 3.63) is 29.3 Å². The molecule has 4 nitrogen and oxygen atoms in total. The van der Waals surface area contributed by atoms with Gasteiger partial charge in [0.1, 0.15) is 11.8 Å². The van der Waals surface area contributed by atoms with Crippen molar-refractivity contribution in [1.29, 1.82) is 5.26 Å². The number of unbranched alkanes of at least 4 members (excludes halogenated alkanes) is 2. The van der Waals surface area contributed by atoms with E-state index in [0.29, 0.717) is 12.4 Å². The number of aromatic carboxylic acids is 1. The van der Waals surface area contributed by atoms with Crippen molar-refractivity contribution in [2.24, 2.45) is 5.92 Å². The Labute approximate surface area is 126 Å². The second-order valence-corrected chi connectivity index (χ2v) is 5.34. The van der Waals surface area contributed by atoms with Crippen LogP contribution in [0.5, 0.6) is 5.75 Å². The molecule has 0 spiro atoms. The lowest BCUT2D eigenvalue weighted by Gasteiger charge is -2.10. The second kappa shape index (κ2) is 9.02. The van der Waals surface area contributed by atoms with E-state index in [1.807, 2.05) is 6.07 Å². The van der Waals surface area contributed by atoms with Gasteiger partial charge in [-0.25, -0.2) is 4.79 Å². The van der Waals surface area contributed by atoms with Crippen LogP contribution < -0.4 is 4.74 Å². The monoisotopic (exact) mass is 289 g/mol. The fourth-order valence-electron chi connectivity index (χ4n) is 2.03. The van der Waals surface area contributed by atoms with E-state index in [9.17, 15) is 4.79 Å². The van der Waals surface area contributed by atoms with Gasteiger partial charge >= 0.3 is 5.97 Å². The highest BCUT2D eigenvalue weighted by molar-refractivity contribution is 5.88. The van der Waals surface area contributed by atoms with E-state index in [4.69, 9.17) is 15.1 Å². The maximum Gasteiger partial charge on any atom is 0.335 e. The van der Waals surface area contributed by atoms with E-state index < -0.39 is 5.97 Å². The van der Waals surface area contributed by atoms with Crippen LogP contribution in [0.1, 0.15) is 61.9 Å². The van der Waals surface area contributed by atoms with Gasteiger partial charge in [-0.1, -0.05) is 39.5 Å². The second-order valence-electron chi connectivity index (χ2n) is 5.34. The van der Waals surface area contributed by atoms with Gasteiger partial charge in [-0.3, -0.25) is 0 Å². The highest BCUT2D eigenvalue weighted by atomic mass is 16.5. The van der Waals surface area contributed by atoms with Crippen molar-refractivity contribution in [3.63, 3.8) is 0 Å². The number of carboxylic acids is 1. The zero-order valence-corrected chi connectivity index (χ0v) is 12.8. The van der Waals surface area contributed by atoms with E-state index in [1.54, 1.807) is 6.07 Å². The quantitative estimate of drug-likeness (QED) is 0.690. The number of ether oxygens (including phenoxy) is 1. The van der Waals surface area contributed by atoms with Gasteiger partial charge in [0.25, 0.3) is 0 Å². The molecule has 114 valence electrons. The molecule has 4 heteroatoms. The fourth-order valence-corrected chi connectivity index (χ4v) is 2.03. The summed E-state index contributed by atoms with van der Waals surface area (Å²) in [5, 5.41) is 17.9. The molecule has 0 aliphatic heterocycles. The van der Waals surface area contributed by atoms with Crippen LogP contribution in [0.3, 0.4) is 0 Å². The first-order chi connectivity index (χ1) is 10.1. The van der Waals surface area contributed by atoms with Gasteiger partial charge in [0, 0.05) is 0 Å². The van der Waals surface area contributed by atoms with Crippen LogP contribution in [0.4, 0.5) is 0 Å². The first-order valence-electron chi connectivity index (χ1n) is 7.48. The first-order valence-corrected chi connectivity index (χ1v) is 7.48. The molecule has 0 saturated carbocycles. The van der Waals surface area contributed by atoms with Crippen molar-refractivity contribution in [2.75, 3.05) is 6.61 Å². The van der Waals surface area contributed by atoms with Crippen molar-refractivity contribution < 1.29 is 14.6 Å². The van der Waals surface area contributed by atoms with Gasteiger partial charge in [0.15, 0.2) is 0 Å². The number of carbonyl (C=O) groups is 1. The van der Waals surface area contributed by atoms with Gasteiger partial charge < -0.3 is 9.84 Å². The van der Waals surface area contributed by atoms with Gasteiger partial charge in [-0.15, -0.1) is 0 Å². The molecule has 0 aromatic heterocycles. The third-order valence-corrected chi connectivity index (χ3v) is 3.64. The average Bonchev–Trinajstić information content (AvgIpc) is 2.50. The third-order valence-electron chi connectivity index (χ3n) is 3.64. The average molecular weight is 289 g/mol. The third kappa shape index (κ3) is 5.86. The lowest BCUT2D eigenvalue weighted by molar-refractivity contribution is 0.0697. The summed E-state index contributed by atoms with van der Waals surface area (Å²) in [4.78, 5) is 10.8. The van der Waals surface area contributed by atoms with E-state index in [0.717, 1.165) is 18.8 Å². The van der Waals surface area contributed by atoms with Crippen LogP contribution in [0.2, 0.25) is 0 Å². The topological polar surface area (TPSA) is 70.3 Å². The summed E-state index contributed by atoms with van der Waals surface area (Å²) in [5.41, 5.74) is 0.377. The van der Waals surface area contributed by atoms with Crippen LogP contribution >= 0.6 is 0 Å². The Balaban J connectivity index is 2.39. The molecule has 1 unspecified atom stereocenters. The standard InChI is InChI=1S/C17H23NO3/c1-3-13(2)7-5-4-6-10-21-16-9-8-14(17(19)20)11-15(16)12-18/h8-9,11,13H,3-7,10H2,1-2H3,(H,19,20). The van der Waals surface area contributed by atoms with Gasteiger partial charge in [0.05, 0.1) is 17.7 Å². The largest absolute Gasteiger partial charge is 0.492 e. The van der Waals surface area contributed by atoms with Crippen LogP contribution in [-0.2, 0) is 0 Å². The Morgan fingerprint density at radius 1 is 1.38 bits per heavy atom. The number of benzene rings is 1. The number of hydrogen-bond acceptors (Lipinski definition) is 3. The molecule has 0 amide bonds. The van der Waals surface area contributed by atoms with Crippen molar-refractivity contribution in [1.82, 2.24) is 0 Å². The minimum Gasteiger partial charge on any atom is -0.492 e. The van der Waals surface area contributed by atoms with Crippen LogP contribution in [0.15, 0.2) is 18.2 Å². The molecule has 1 atom stereocenters. The molecule has 1 aromatic rings. The van der Waals surface area contributed by atoms with E-state index in [2.05, 4.69) is 13.8 Å². The Bertz CT molecular complexity index is 505. The fraction of sp³-hybridized carbons (Fsp3) is 0.529. The molecule has 0 aliphatic rings. The molecule has 0 fully saturated rings. The maximum absolute atomic E-state index is 10.8. The van der Waals surface area contributed by atoms with Gasteiger partial charge in [-0.05, 0) is 30.5 Å². The summed E-state index contributed by atoms with van der Waals surface area (Å²) in [6, 6.07) is 6.34. The predicted octanol–water partition coefficient (Wildman–Crippen LogP) is 4.24. The molecule has 1 N–H and O–H groups in total. The molecule has 1 rings (SSSR count). The van der Waals surface area contributed by atoms with Gasteiger partial charge in [-0.2, -0.15) is 5.26 Å². The minimum atomic E-state index is -1.04. The Morgan fingerprint density at radius 2 is 2.14 bits per heavy atom. The van der Waals surface area contributed by atoms with E-state index >= 15 is 0 Å². The summed E-state index contributed by atoms with van der Waals surface area (Å²) in [5.74, 6) is 0.201. The Hall–Kier alpha value is -2.02. The molecule has 0 heterocycles. The highest BCUT2D eigenvalue weighted by Crippen LogP contribution is 2.20. The maximum atomic E-state index is 10.8. The first kappa shape index (κ1) is 17.0. The smallest absolute Gasteiger partial charge is 0.335 e. The highest BCUT2D eigenvalue weighted by Gasteiger charge is 2.09. The predicted molar refractivity (Wildman–Crippen MR) is 81.5 cm³/mol. The Morgan fingerprint density at radius 3 is 2.76 bits per heavy atom. The molecular formula is C17H23NO3. The normalized spacial score (nSPS) is 11.7. The molecule has 0 aliphatic carbocycles. The molecule has 21 heavy (non-hydrogen) atoms.